The third kappa shape index (κ3) is 2.59. The fourth-order valence-electron chi connectivity index (χ4n) is 0.867. The van der Waals surface area contributed by atoms with E-state index in [4.69, 9.17) is 0 Å². The molecule has 0 heterocycles. The molecule has 62 valence electrons. The number of hydrogen-bond donors (Lipinski definition) is 0. The fourth-order valence-corrected chi connectivity index (χ4v) is 1.49. The van der Waals surface area contributed by atoms with Crippen LogP contribution >= 0.6 is 11.8 Å². The molecule has 0 radical (unpaired) electrons. The first-order chi connectivity index (χ1) is 5.84. The molecule has 12 heavy (non-hydrogen) atoms. The second-order valence-corrected chi connectivity index (χ2v) is 3.50. The summed E-state index contributed by atoms with van der Waals surface area (Å²) in [5.41, 5.74) is 1.20. The molecule has 1 rings (SSSR count). The first kappa shape index (κ1) is 9.14. The first-order valence-electron chi connectivity index (χ1n) is 3.82. The van der Waals surface area contributed by atoms with Crippen LogP contribution in [0.4, 0.5) is 0 Å². The smallest absolute Gasteiger partial charge is 0.0158 e. The maximum Gasteiger partial charge on any atom is 0.0158 e. The van der Waals surface area contributed by atoms with E-state index in [1.807, 2.05) is 24.3 Å². The van der Waals surface area contributed by atoms with E-state index >= 15 is 0 Å². The van der Waals surface area contributed by atoms with Gasteiger partial charge in [0.1, 0.15) is 0 Å². The quantitative estimate of drug-likeness (QED) is 0.632. The summed E-state index contributed by atoms with van der Waals surface area (Å²) in [6, 6.07) is 10.2. The lowest BCUT2D eigenvalue weighted by Gasteiger charge is -2.01. The van der Waals surface area contributed by atoms with Crippen LogP contribution in [-0.2, 0) is 0 Å². The molecular formula is C11H12S. The van der Waals surface area contributed by atoms with Gasteiger partial charge in [-0.3, -0.25) is 0 Å². The Morgan fingerprint density at radius 2 is 2.00 bits per heavy atom. The van der Waals surface area contributed by atoms with Gasteiger partial charge in [-0.05, 0) is 5.56 Å². The van der Waals surface area contributed by atoms with Crippen molar-refractivity contribution in [2.75, 3.05) is 5.75 Å². The lowest BCUT2D eigenvalue weighted by molar-refractivity contribution is 1.65. The van der Waals surface area contributed by atoms with Gasteiger partial charge in [0.15, 0.2) is 0 Å². The molecule has 0 saturated carbocycles. The summed E-state index contributed by atoms with van der Waals surface area (Å²) in [6.45, 7) is 7.64. The van der Waals surface area contributed by atoms with Gasteiger partial charge in [-0.15, -0.1) is 18.3 Å². The van der Waals surface area contributed by atoms with Crippen molar-refractivity contribution in [3.05, 3.63) is 55.1 Å². The van der Waals surface area contributed by atoms with Crippen LogP contribution in [0.25, 0.3) is 4.91 Å². The molecule has 1 aromatic rings. The van der Waals surface area contributed by atoms with Gasteiger partial charge in [-0.1, -0.05) is 43.0 Å². The molecule has 0 aliphatic rings. The summed E-state index contributed by atoms with van der Waals surface area (Å²) in [6.07, 6.45) is 1.89. The molecule has 0 aliphatic carbocycles. The molecule has 0 aliphatic heterocycles. The van der Waals surface area contributed by atoms with Crippen LogP contribution < -0.4 is 0 Å². The van der Waals surface area contributed by atoms with Gasteiger partial charge in [0.25, 0.3) is 0 Å². The van der Waals surface area contributed by atoms with E-state index in [0.29, 0.717) is 0 Å². The summed E-state index contributed by atoms with van der Waals surface area (Å²) >= 11 is 1.72. The molecule has 0 bridgehead atoms. The summed E-state index contributed by atoms with van der Waals surface area (Å²) in [4.78, 5) is 1.11. The maximum absolute atomic E-state index is 3.98. The second kappa shape index (κ2) is 4.83. The van der Waals surface area contributed by atoms with Crippen molar-refractivity contribution >= 4 is 16.7 Å². The number of thioether (sulfide) groups is 1. The van der Waals surface area contributed by atoms with Gasteiger partial charge in [0.05, 0.1) is 0 Å². The Kier molecular flexibility index (Phi) is 3.68. The lowest BCUT2D eigenvalue weighted by atomic mass is 10.2. The van der Waals surface area contributed by atoms with Crippen molar-refractivity contribution in [2.45, 2.75) is 0 Å². The predicted molar refractivity (Wildman–Crippen MR) is 58.1 cm³/mol. The van der Waals surface area contributed by atoms with Crippen LogP contribution in [0.3, 0.4) is 0 Å². The Morgan fingerprint density at radius 3 is 2.58 bits per heavy atom. The van der Waals surface area contributed by atoms with E-state index in [1.54, 1.807) is 11.8 Å². The van der Waals surface area contributed by atoms with Gasteiger partial charge < -0.3 is 0 Å². The second-order valence-electron chi connectivity index (χ2n) is 2.39. The third-order valence-corrected chi connectivity index (χ3v) is 2.46. The Labute approximate surface area is 78.0 Å². The zero-order chi connectivity index (χ0) is 8.81. The van der Waals surface area contributed by atoms with Gasteiger partial charge in [-0.2, -0.15) is 0 Å². The van der Waals surface area contributed by atoms with Crippen molar-refractivity contribution in [3.63, 3.8) is 0 Å². The third-order valence-electron chi connectivity index (χ3n) is 1.47. The Morgan fingerprint density at radius 1 is 1.33 bits per heavy atom. The molecule has 0 fully saturated rings. The zero-order valence-electron chi connectivity index (χ0n) is 6.99. The summed E-state index contributed by atoms with van der Waals surface area (Å²) in [5.74, 6) is 0.924. The minimum Gasteiger partial charge on any atom is -0.122 e. The first-order valence-corrected chi connectivity index (χ1v) is 4.81. The Hall–Kier alpha value is -0.950. The minimum atomic E-state index is 0.924. The lowest BCUT2D eigenvalue weighted by Crippen LogP contribution is -1.77. The Bertz CT molecular complexity index is 262. The number of benzene rings is 1. The molecule has 0 spiro atoms. The predicted octanol–water partition coefficient (Wildman–Crippen LogP) is 3.58. The van der Waals surface area contributed by atoms with E-state index in [2.05, 4.69) is 25.3 Å². The zero-order valence-corrected chi connectivity index (χ0v) is 7.81. The Balaban J connectivity index is 2.59. The highest BCUT2D eigenvalue weighted by Crippen LogP contribution is 2.24. The van der Waals surface area contributed by atoms with Crippen molar-refractivity contribution in [3.8, 4) is 0 Å². The molecule has 1 aromatic carbocycles. The monoisotopic (exact) mass is 176 g/mol. The molecule has 1 heteroatoms. The van der Waals surface area contributed by atoms with Gasteiger partial charge in [0, 0.05) is 10.7 Å². The average molecular weight is 176 g/mol. The van der Waals surface area contributed by atoms with E-state index < -0.39 is 0 Å². The molecule has 0 amide bonds. The minimum absolute atomic E-state index is 0.924. The summed E-state index contributed by atoms with van der Waals surface area (Å²) in [7, 11) is 0. The van der Waals surface area contributed by atoms with Crippen molar-refractivity contribution < 1.29 is 0 Å². The van der Waals surface area contributed by atoms with Crippen molar-refractivity contribution in [2.24, 2.45) is 0 Å². The molecule has 0 unspecified atom stereocenters. The van der Waals surface area contributed by atoms with E-state index in [0.717, 1.165) is 10.7 Å². The standard InChI is InChI=1S/C11H12S/c1-3-9-12-10(2)11-7-5-4-6-8-11/h3-8H,1-2,9H2. The van der Waals surface area contributed by atoms with Crippen LogP contribution in [0.1, 0.15) is 5.56 Å². The van der Waals surface area contributed by atoms with Gasteiger partial charge in [0.2, 0.25) is 0 Å². The normalized spacial score (nSPS) is 9.33. The topological polar surface area (TPSA) is 0 Å². The molecule has 0 nitrogen and oxygen atoms in total. The van der Waals surface area contributed by atoms with Crippen molar-refractivity contribution in [1.29, 1.82) is 0 Å². The molecule has 0 atom stereocenters. The van der Waals surface area contributed by atoms with E-state index in [-0.39, 0.29) is 0 Å². The SMILES string of the molecule is C=CCSC(=C)c1ccccc1. The van der Waals surface area contributed by atoms with Crippen LogP contribution in [-0.4, -0.2) is 5.75 Å². The molecular weight excluding hydrogens is 164 g/mol. The summed E-state index contributed by atoms with van der Waals surface area (Å²) < 4.78 is 0. The van der Waals surface area contributed by atoms with Gasteiger partial charge >= 0.3 is 0 Å². The highest BCUT2D eigenvalue weighted by molar-refractivity contribution is 8.08. The van der Waals surface area contributed by atoms with E-state index in [9.17, 15) is 0 Å². The number of rotatable bonds is 4. The van der Waals surface area contributed by atoms with Crippen LogP contribution in [0.2, 0.25) is 0 Å². The van der Waals surface area contributed by atoms with Crippen LogP contribution in [0.5, 0.6) is 0 Å². The van der Waals surface area contributed by atoms with E-state index in [1.165, 1.54) is 5.56 Å². The average Bonchev–Trinajstić information content (AvgIpc) is 2.15. The largest absolute Gasteiger partial charge is 0.122 e. The molecule has 0 saturated heterocycles. The molecule has 0 aromatic heterocycles. The number of hydrogen-bond acceptors (Lipinski definition) is 1. The van der Waals surface area contributed by atoms with Crippen LogP contribution in [0.15, 0.2) is 49.6 Å². The maximum atomic E-state index is 3.98. The van der Waals surface area contributed by atoms with Gasteiger partial charge in [-0.25, -0.2) is 0 Å². The van der Waals surface area contributed by atoms with Crippen molar-refractivity contribution in [1.82, 2.24) is 0 Å². The summed E-state index contributed by atoms with van der Waals surface area (Å²) in [5, 5.41) is 0. The molecule has 0 N–H and O–H groups in total. The highest BCUT2D eigenvalue weighted by atomic mass is 32.2. The van der Waals surface area contributed by atoms with Crippen LogP contribution in [0, 0.1) is 0 Å². The highest BCUT2D eigenvalue weighted by Gasteiger charge is 1.95. The fraction of sp³-hybridized carbons (Fsp3) is 0.0909.